The Morgan fingerprint density at radius 2 is 1.96 bits per heavy atom. The zero-order chi connectivity index (χ0) is 18.8. The first-order chi connectivity index (χ1) is 11.7. The zero-order valence-electron chi connectivity index (χ0n) is 14.0. The number of halogens is 3. The van der Waals surface area contributed by atoms with Gasteiger partial charge in [-0.2, -0.15) is 13.2 Å². The molecule has 134 valence electrons. The predicted octanol–water partition coefficient (Wildman–Crippen LogP) is 2.85. The second-order valence-electron chi connectivity index (χ2n) is 5.44. The summed E-state index contributed by atoms with van der Waals surface area (Å²) in [7, 11) is 1.45. The highest BCUT2D eigenvalue weighted by atomic mass is 19.4. The second kappa shape index (κ2) is 7.08. The fraction of sp³-hybridized carbons (Fsp3) is 0.353. The van der Waals surface area contributed by atoms with Crippen LogP contribution in [-0.4, -0.2) is 41.3 Å². The number of aromatic nitrogens is 1. The van der Waals surface area contributed by atoms with Gasteiger partial charge in [0.2, 0.25) is 5.91 Å². The molecule has 0 radical (unpaired) electrons. The van der Waals surface area contributed by atoms with E-state index in [0.717, 1.165) is 6.07 Å². The third kappa shape index (κ3) is 3.57. The number of alkyl halides is 3. The lowest BCUT2D eigenvalue weighted by Gasteiger charge is -2.27. The van der Waals surface area contributed by atoms with Crippen LogP contribution in [0.4, 0.5) is 13.2 Å². The van der Waals surface area contributed by atoms with Gasteiger partial charge < -0.3 is 10.2 Å². The van der Waals surface area contributed by atoms with Crippen LogP contribution in [0.5, 0.6) is 0 Å². The van der Waals surface area contributed by atoms with Crippen LogP contribution in [0, 0.1) is 0 Å². The van der Waals surface area contributed by atoms with E-state index in [9.17, 15) is 22.8 Å². The normalized spacial score (nSPS) is 12.7. The number of likely N-dealkylation sites (N-methyl/N-ethyl adjacent to an activating group) is 2. The summed E-state index contributed by atoms with van der Waals surface area (Å²) in [5, 5.41) is 2.56. The highest BCUT2D eigenvalue weighted by Gasteiger charge is 2.34. The molecule has 1 heterocycles. The predicted molar refractivity (Wildman–Crippen MR) is 87.0 cm³/mol. The van der Waals surface area contributed by atoms with Gasteiger partial charge in [0.1, 0.15) is 6.04 Å². The Balaban J connectivity index is 2.57. The maximum absolute atomic E-state index is 13.2. The summed E-state index contributed by atoms with van der Waals surface area (Å²) < 4.78 is 39.5. The molecule has 1 aromatic heterocycles. The van der Waals surface area contributed by atoms with Crippen LogP contribution >= 0.6 is 0 Å². The number of hydrogen-bond acceptors (Lipinski definition) is 3. The van der Waals surface area contributed by atoms with E-state index in [-0.39, 0.29) is 28.9 Å². The lowest BCUT2D eigenvalue weighted by molar-refractivity contribution is -0.136. The number of hydrogen-bond donors (Lipinski definition) is 1. The van der Waals surface area contributed by atoms with Gasteiger partial charge in [-0.3, -0.25) is 14.6 Å². The molecule has 1 unspecified atom stereocenters. The van der Waals surface area contributed by atoms with Crippen LogP contribution in [0.2, 0.25) is 0 Å². The molecule has 8 heteroatoms. The van der Waals surface area contributed by atoms with Gasteiger partial charge in [-0.05, 0) is 26.0 Å². The third-order valence-electron chi connectivity index (χ3n) is 4.00. The zero-order valence-corrected chi connectivity index (χ0v) is 14.0. The molecule has 0 aliphatic heterocycles. The summed E-state index contributed by atoms with van der Waals surface area (Å²) in [6.07, 6.45) is -3.41. The summed E-state index contributed by atoms with van der Waals surface area (Å²) in [4.78, 5) is 29.8. The Bertz CT molecular complexity index is 805. The highest BCUT2D eigenvalue weighted by molar-refractivity contribution is 6.07. The van der Waals surface area contributed by atoms with Crippen LogP contribution in [0.3, 0.4) is 0 Å². The number of para-hydroxylation sites is 1. The van der Waals surface area contributed by atoms with E-state index < -0.39 is 23.7 Å². The molecule has 2 rings (SSSR count). The van der Waals surface area contributed by atoms with Gasteiger partial charge in [-0.25, -0.2) is 0 Å². The van der Waals surface area contributed by atoms with Crippen molar-refractivity contribution in [3.8, 4) is 0 Å². The van der Waals surface area contributed by atoms with Gasteiger partial charge in [-0.15, -0.1) is 0 Å². The van der Waals surface area contributed by atoms with E-state index in [4.69, 9.17) is 0 Å². The average Bonchev–Trinajstić information content (AvgIpc) is 2.59. The van der Waals surface area contributed by atoms with Crippen molar-refractivity contribution in [3.05, 3.63) is 41.6 Å². The van der Waals surface area contributed by atoms with Crippen molar-refractivity contribution in [2.45, 2.75) is 26.1 Å². The minimum Gasteiger partial charge on any atom is -0.357 e. The number of carbonyl (C=O) groups is 2. The van der Waals surface area contributed by atoms with Gasteiger partial charge in [0.05, 0.1) is 16.6 Å². The third-order valence-corrected chi connectivity index (χ3v) is 4.00. The maximum Gasteiger partial charge on any atom is 0.418 e. The molecule has 2 aromatic rings. The molecule has 0 saturated carbocycles. The van der Waals surface area contributed by atoms with Crippen molar-refractivity contribution in [1.82, 2.24) is 15.2 Å². The van der Waals surface area contributed by atoms with Crippen LogP contribution < -0.4 is 5.32 Å². The van der Waals surface area contributed by atoms with Crippen LogP contribution in [0.15, 0.2) is 30.5 Å². The molecule has 0 bridgehead atoms. The molecule has 1 N–H and O–H groups in total. The Labute approximate surface area is 142 Å². The summed E-state index contributed by atoms with van der Waals surface area (Å²) in [5.74, 6) is -0.880. The van der Waals surface area contributed by atoms with E-state index in [2.05, 4.69) is 10.3 Å². The molecule has 0 aliphatic carbocycles. The molecule has 0 spiro atoms. The molecule has 5 nitrogen and oxygen atoms in total. The average molecular weight is 353 g/mol. The lowest BCUT2D eigenvalue weighted by Crippen LogP contribution is -2.47. The number of amides is 2. The highest BCUT2D eigenvalue weighted by Crippen LogP contribution is 2.34. The van der Waals surface area contributed by atoms with Gasteiger partial charge in [0.15, 0.2) is 0 Å². The first kappa shape index (κ1) is 18.7. The quantitative estimate of drug-likeness (QED) is 0.919. The van der Waals surface area contributed by atoms with E-state index in [1.165, 1.54) is 36.3 Å². The van der Waals surface area contributed by atoms with Crippen molar-refractivity contribution < 1.29 is 22.8 Å². The summed E-state index contributed by atoms with van der Waals surface area (Å²) in [6, 6.07) is 4.19. The first-order valence-electron chi connectivity index (χ1n) is 7.69. The van der Waals surface area contributed by atoms with Crippen LogP contribution in [-0.2, 0) is 11.0 Å². The Morgan fingerprint density at radius 1 is 1.28 bits per heavy atom. The molecule has 1 aromatic carbocycles. The van der Waals surface area contributed by atoms with Gasteiger partial charge >= 0.3 is 6.18 Å². The van der Waals surface area contributed by atoms with Crippen LogP contribution in [0.25, 0.3) is 10.9 Å². The minimum atomic E-state index is -4.58. The standard InChI is InChI=1S/C17H18F3N3O2/c1-4-23(10(2)15(24)21-3)16(25)12-8-9-22-14-11(12)6-5-7-13(14)17(18,19)20/h5-10H,4H2,1-3H3,(H,21,24). The number of fused-ring (bicyclic) bond motifs is 1. The van der Waals surface area contributed by atoms with Crippen molar-refractivity contribution in [2.75, 3.05) is 13.6 Å². The van der Waals surface area contributed by atoms with Gasteiger partial charge in [-0.1, -0.05) is 12.1 Å². The number of pyridine rings is 1. The summed E-state index contributed by atoms with van der Waals surface area (Å²) in [5.41, 5.74) is -1.11. The molecular formula is C17H18F3N3O2. The lowest BCUT2D eigenvalue weighted by atomic mass is 10.0. The Morgan fingerprint density at radius 3 is 2.52 bits per heavy atom. The smallest absolute Gasteiger partial charge is 0.357 e. The fourth-order valence-electron chi connectivity index (χ4n) is 2.69. The van der Waals surface area contributed by atoms with Gasteiger partial charge in [0, 0.05) is 25.2 Å². The molecule has 0 fully saturated rings. The van der Waals surface area contributed by atoms with E-state index >= 15 is 0 Å². The van der Waals surface area contributed by atoms with E-state index in [0.29, 0.717) is 0 Å². The Hall–Kier alpha value is -2.64. The molecular weight excluding hydrogens is 335 g/mol. The van der Waals surface area contributed by atoms with Crippen molar-refractivity contribution >= 4 is 22.7 Å². The largest absolute Gasteiger partial charge is 0.418 e. The topological polar surface area (TPSA) is 62.3 Å². The first-order valence-corrected chi connectivity index (χ1v) is 7.69. The molecule has 1 atom stereocenters. The maximum atomic E-state index is 13.2. The monoisotopic (exact) mass is 353 g/mol. The van der Waals surface area contributed by atoms with Gasteiger partial charge in [0.25, 0.3) is 5.91 Å². The Kier molecular flexibility index (Phi) is 5.30. The van der Waals surface area contributed by atoms with Crippen LogP contribution in [0.1, 0.15) is 29.8 Å². The van der Waals surface area contributed by atoms with Crippen molar-refractivity contribution in [2.24, 2.45) is 0 Å². The summed E-state index contributed by atoms with van der Waals surface area (Å²) in [6.45, 7) is 3.49. The SMILES string of the molecule is CCN(C(=O)c1ccnc2c(C(F)(F)F)cccc12)C(C)C(=O)NC. The molecule has 25 heavy (non-hydrogen) atoms. The number of benzene rings is 1. The minimum absolute atomic E-state index is 0.0775. The number of carbonyl (C=O) groups excluding carboxylic acids is 2. The number of rotatable bonds is 4. The molecule has 2 amide bonds. The fourth-order valence-corrected chi connectivity index (χ4v) is 2.69. The molecule has 0 aliphatic rings. The van der Waals surface area contributed by atoms with E-state index in [1.807, 2.05) is 0 Å². The number of nitrogens with zero attached hydrogens (tertiary/aromatic N) is 2. The molecule has 0 saturated heterocycles. The van der Waals surface area contributed by atoms with E-state index in [1.54, 1.807) is 13.8 Å². The second-order valence-corrected chi connectivity index (χ2v) is 5.44. The number of nitrogens with one attached hydrogen (secondary N) is 1. The van der Waals surface area contributed by atoms with Crippen molar-refractivity contribution in [3.63, 3.8) is 0 Å². The van der Waals surface area contributed by atoms with Crippen molar-refractivity contribution in [1.29, 1.82) is 0 Å². The summed E-state index contributed by atoms with van der Waals surface area (Å²) >= 11 is 0.